The van der Waals surface area contributed by atoms with Crippen LogP contribution in [0.5, 0.6) is 0 Å². The lowest BCUT2D eigenvalue weighted by atomic mass is 10.0. The minimum Gasteiger partial charge on any atom is -0.377 e. The molecule has 1 atom stereocenters. The van der Waals surface area contributed by atoms with E-state index >= 15 is 0 Å². The molecule has 1 fully saturated rings. The van der Waals surface area contributed by atoms with Gasteiger partial charge in [-0.15, -0.1) is 0 Å². The van der Waals surface area contributed by atoms with Crippen LogP contribution in [0.3, 0.4) is 0 Å². The number of pyridine rings is 1. The summed E-state index contributed by atoms with van der Waals surface area (Å²) in [6.07, 6.45) is 1.58. The molecule has 0 spiro atoms. The van der Waals surface area contributed by atoms with E-state index < -0.39 is 0 Å². The van der Waals surface area contributed by atoms with Crippen LogP contribution in [0.2, 0.25) is 0 Å². The normalized spacial score (nSPS) is 18.5. The molecular formula is C15H15N3O3. The zero-order chi connectivity index (χ0) is 14.7. The highest BCUT2D eigenvalue weighted by Gasteiger charge is 2.30. The van der Waals surface area contributed by atoms with Gasteiger partial charge in [-0.25, -0.2) is 4.98 Å². The lowest BCUT2D eigenvalue weighted by Gasteiger charge is -2.36. The number of anilines is 1. The minimum absolute atomic E-state index is 0.0281. The number of benzene rings is 1. The van der Waals surface area contributed by atoms with E-state index in [2.05, 4.69) is 4.98 Å². The number of morpholine rings is 1. The molecule has 21 heavy (non-hydrogen) atoms. The molecule has 3 rings (SSSR count). The molecule has 2 heterocycles. The number of nitro groups is 1. The number of nitrogens with zero attached hydrogens (tertiary/aromatic N) is 3. The molecule has 0 N–H and O–H groups in total. The van der Waals surface area contributed by atoms with Crippen molar-refractivity contribution < 1.29 is 9.66 Å². The molecule has 1 aliphatic rings. The van der Waals surface area contributed by atoms with Crippen molar-refractivity contribution >= 4 is 11.5 Å². The van der Waals surface area contributed by atoms with E-state index in [0.29, 0.717) is 25.6 Å². The number of rotatable bonds is 3. The van der Waals surface area contributed by atoms with E-state index in [1.165, 1.54) is 6.07 Å². The molecule has 2 aromatic rings. The first kappa shape index (κ1) is 13.5. The van der Waals surface area contributed by atoms with Crippen molar-refractivity contribution in [1.82, 2.24) is 4.98 Å². The zero-order valence-electron chi connectivity index (χ0n) is 11.4. The Labute approximate surface area is 122 Å². The lowest BCUT2D eigenvalue weighted by Crippen LogP contribution is -2.40. The molecule has 0 amide bonds. The standard InChI is InChI=1S/C15H15N3O3/c19-18(20)13-7-4-8-16-15(13)17-9-10-21-11-14(17)12-5-2-1-3-6-12/h1-8,14H,9-11H2/t14-/m1/s1. The van der Waals surface area contributed by atoms with Gasteiger partial charge in [-0.2, -0.15) is 0 Å². The molecule has 1 aliphatic heterocycles. The molecule has 0 saturated carbocycles. The maximum absolute atomic E-state index is 11.2. The number of aromatic nitrogens is 1. The molecule has 6 heteroatoms. The zero-order valence-corrected chi connectivity index (χ0v) is 11.4. The van der Waals surface area contributed by atoms with Gasteiger partial charge in [0.2, 0.25) is 5.82 Å². The second kappa shape index (κ2) is 5.88. The Morgan fingerprint density at radius 3 is 2.81 bits per heavy atom. The van der Waals surface area contributed by atoms with E-state index in [9.17, 15) is 10.1 Å². The van der Waals surface area contributed by atoms with Crippen LogP contribution in [0, 0.1) is 10.1 Å². The Balaban J connectivity index is 2.01. The molecule has 0 bridgehead atoms. The number of ether oxygens (including phenoxy) is 1. The number of hydrogen-bond acceptors (Lipinski definition) is 5. The van der Waals surface area contributed by atoms with Crippen LogP contribution in [0.25, 0.3) is 0 Å². The van der Waals surface area contributed by atoms with Gasteiger partial charge in [-0.05, 0) is 11.6 Å². The quantitative estimate of drug-likeness (QED) is 0.640. The highest BCUT2D eigenvalue weighted by molar-refractivity contribution is 5.59. The van der Waals surface area contributed by atoms with Crippen LogP contribution in [0.4, 0.5) is 11.5 Å². The SMILES string of the molecule is O=[N+]([O-])c1cccnc1N1CCOC[C@@H]1c1ccccc1. The van der Waals surface area contributed by atoms with Crippen LogP contribution < -0.4 is 4.90 Å². The monoisotopic (exact) mass is 285 g/mol. The van der Waals surface area contributed by atoms with Gasteiger partial charge in [0, 0.05) is 18.8 Å². The van der Waals surface area contributed by atoms with Gasteiger partial charge >= 0.3 is 5.69 Å². The second-order valence-electron chi connectivity index (χ2n) is 4.80. The van der Waals surface area contributed by atoms with Crippen molar-refractivity contribution in [3.63, 3.8) is 0 Å². The molecule has 1 aromatic carbocycles. The summed E-state index contributed by atoms with van der Waals surface area (Å²) in [5.74, 6) is 0.402. The van der Waals surface area contributed by atoms with E-state index in [4.69, 9.17) is 4.74 Å². The van der Waals surface area contributed by atoms with Gasteiger partial charge in [0.25, 0.3) is 0 Å². The third-order valence-corrected chi connectivity index (χ3v) is 3.55. The molecule has 0 radical (unpaired) electrons. The van der Waals surface area contributed by atoms with E-state index in [-0.39, 0.29) is 16.7 Å². The summed E-state index contributed by atoms with van der Waals surface area (Å²) < 4.78 is 5.55. The topological polar surface area (TPSA) is 68.5 Å². The highest BCUT2D eigenvalue weighted by Crippen LogP contribution is 2.33. The van der Waals surface area contributed by atoms with Crippen LogP contribution in [-0.2, 0) is 4.74 Å². The van der Waals surface area contributed by atoms with Crippen LogP contribution in [-0.4, -0.2) is 29.7 Å². The summed E-state index contributed by atoms with van der Waals surface area (Å²) in [4.78, 5) is 17.0. The fourth-order valence-electron chi connectivity index (χ4n) is 2.56. The average Bonchev–Trinajstić information content (AvgIpc) is 2.55. The van der Waals surface area contributed by atoms with Crippen molar-refractivity contribution in [3.8, 4) is 0 Å². The molecule has 0 unspecified atom stereocenters. The van der Waals surface area contributed by atoms with Gasteiger partial charge in [0.05, 0.1) is 24.2 Å². The smallest absolute Gasteiger partial charge is 0.311 e. The van der Waals surface area contributed by atoms with Crippen molar-refractivity contribution in [2.75, 3.05) is 24.7 Å². The Kier molecular flexibility index (Phi) is 3.79. The first-order chi connectivity index (χ1) is 10.3. The molecule has 1 saturated heterocycles. The van der Waals surface area contributed by atoms with Crippen molar-refractivity contribution in [2.24, 2.45) is 0 Å². The second-order valence-corrected chi connectivity index (χ2v) is 4.80. The average molecular weight is 285 g/mol. The predicted molar refractivity (Wildman–Crippen MR) is 78.2 cm³/mol. The summed E-state index contributed by atoms with van der Waals surface area (Å²) in [7, 11) is 0. The van der Waals surface area contributed by atoms with E-state index in [1.807, 2.05) is 35.2 Å². The summed E-state index contributed by atoms with van der Waals surface area (Å²) in [5.41, 5.74) is 1.09. The minimum atomic E-state index is -0.389. The Bertz CT molecular complexity index is 633. The summed E-state index contributed by atoms with van der Waals surface area (Å²) in [5, 5.41) is 11.2. The largest absolute Gasteiger partial charge is 0.377 e. The van der Waals surface area contributed by atoms with Crippen LogP contribution in [0.15, 0.2) is 48.7 Å². The first-order valence-electron chi connectivity index (χ1n) is 6.76. The molecule has 0 aliphatic carbocycles. The maximum atomic E-state index is 11.2. The Morgan fingerprint density at radius 1 is 1.24 bits per heavy atom. The molecule has 1 aromatic heterocycles. The van der Waals surface area contributed by atoms with Gasteiger partial charge in [-0.3, -0.25) is 10.1 Å². The third-order valence-electron chi connectivity index (χ3n) is 3.55. The van der Waals surface area contributed by atoms with Gasteiger partial charge in [0.15, 0.2) is 0 Å². The van der Waals surface area contributed by atoms with Gasteiger partial charge < -0.3 is 9.64 Å². The van der Waals surface area contributed by atoms with E-state index in [1.54, 1.807) is 12.3 Å². The third kappa shape index (κ3) is 2.71. The van der Waals surface area contributed by atoms with Crippen LogP contribution in [0.1, 0.15) is 11.6 Å². The van der Waals surface area contributed by atoms with Crippen molar-refractivity contribution in [1.29, 1.82) is 0 Å². The molecule has 108 valence electrons. The van der Waals surface area contributed by atoms with Gasteiger partial charge in [0.1, 0.15) is 0 Å². The van der Waals surface area contributed by atoms with Crippen molar-refractivity contribution in [2.45, 2.75) is 6.04 Å². The lowest BCUT2D eigenvalue weighted by molar-refractivity contribution is -0.384. The van der Waals surface area contributed by atoms with E-state index in [0.717, 1.165) is 5.56 Å². The van der Waals surface area contributed by atoms with Gasteiger partial charge in [-0.1, -0.05) is 30.3 Å². The summed E-state index contributed by atoms with van der Waals surface area (Å²) >= 11 is 0. The highest BCUT2D eigenvalue weighted by atomic mass is 16.6. The fraction of sp³-hybridized carbons (Fsp3) is 0.267. The number of hydrogen-bond donors (Lipinski definition) is 0. The predicted octanol–water partition coefficient (Wildman–Crippen LogP) is 2.57. The fourth-order valence-corrected chi connectivity index (χ4v) is 2.56. The van der Waals surface area contributed by atoms with Crippen molar-refractivity contribution in [3.05, 3.63) is 64.3 Å². The summed E-state index contributed by atoms with van der Waals surface area (Å²) in [6.45, 7) is 1.62. The Morgan fingerprint density at radius 2 is 2.05 bits per heavy atom. The molecule has 6 nitrogen and oxygen atoms in total. The molecular weight excluding hydrogens is 270 g/mol. The first-order valence-corrected chi connectivity index (χ1v) is 6.76. The Hall–Kier alpha value is -2.47. The van der Waals surface area contributed by atoms with Crippen LogP contribution >= 0.6 is 0 Å². The summed E-state index contributed by atoms with van der Waals surface area (Å²) in [6, 6.07) is 12.9. The maximum Gasteiger partial charge on any atom is 0.311 e.